The summed E-state index contributed by atoms with van der Waals surface area (Å²) in [6.07, 6.45) is -5.08. The summed E-state index contributed by atoms with van der Waals surface area (Å²) in [6, 6.07) is 7.68. The fourth-order valence-electron chi connectivity index (χ4n) is 2.24. The number of guanidine groups is 1. The van der Waals surface area contributed by atoms with Crippen molar-refractivity contribution >= 4 is 5.96 Å². The number of benzene rings is 1. The normalized spacial score (nSPS) is 13.7. The molecule has 0 fully saturated rings. The van der Waals surface area contributed by atoms with Crippen molar-refractivity contribution in [3.05, 3.63) is 29.8 Å². The molecule has 1 aromatic rings. The molecule has 1 unspecified atom stereocenters. The molecule has 0 radical (unpaired) electrons. The van der Waals surface area contributed by atoms with Gasteiger partial charge in [0.05, 0.1) is 26.1 Å². The fourth-order valence-corrected chi connectivity index (χ4v) is 2.24. The van der Waals surface area contributed by atoms with E-state index in [-0.39, 0.29) is 12.6 Å². The summed E-state index contributed by atoms with van der Waals surface area (Å²) in [6.45, 7) is 2.66. The summed E-state index contributed by atoms with van der Waals surface area (Å²) in [7, 11) is 5.49. The Labute approximate surface area is 147 Å². The molecule has 25 heavy (non-hydrogen) atoms. The molecular weight excluding hydrogens is 333 g/mol. The fraction of sp³-hybridized carbons (Fsp3) is 0.588. The first-order chi connectivity index (χ1) is 11.8. The number of nitrogens with one attached hydrogen (secondary N) is 2. The zero-order chi connectivity index (χ0) is 18.9. The maximum Gasteiger partial charge on any atom is 0.390 e. The monoisotopic (exact) mass is 360 g/mol. The Bertz CT molecular complexity index is 530. The minimum absolute atomic E-state index is 0.00368. The molecule has 8 heteroatoms. The number of rotatable bonds is 8. The van der Waals surface area contributed by atoms with Crippen molar-refractivity contribution in [2.24, 2.45) is 4.99 Å². The number of hydrogen-bond donors (Lipinski definition) is 2. The molecule has 0 spiro atoms. The molecule has 5 nitrogen and oxygen atoms in total. The lowest BCUT2D eigenvalue weighted by Crippen LogP contribution is -2.39. The van der Waals surface area contributed by atoms with Crippen molar-refractivity contribution in [1.29, 1.82) is 0 Å². The number of methoxy groups -OCH3 is 1. The third-order valence-electron chi connectivity index (χ3n) is 3.59. The molecule has 0 aliphatic carbocycles. The largest absolute Gasteiger partial charge is 0.497 e. The summed E-state index contributed by atoms with van der Waals surface area (Å²) in [5.41, 5.74) is 1.06. The van der Waals surface area contributed by atoms with E-state index < -0.39 is 12.6 Å². The standard InChI is InChI=1S/C17H27F3N4O/c1-5-21-16(22-11-10-17(18,19)20)23-12-15(24(2)3)13-6-8-14(25-4)9-7-13/h6-9,15H,5,10-12H2,1-4H3,(H2,21,22,23). The number of halogens is 3. The number of alkyl halides is 3. The van der Waals surface area contributed by atoms with E-state index in [1.165, 1.54) is 0 Å². The van der Waals surface area contributed by atoms with Crippen LogP contribution in [0, 0.1) is 0 Å². The lowest BCUT2D eigenvalue weighted by atomic mass is 10.1. The highest BCUT2D eigenvalue weighted by Crippen LogP contribution is 2.21. The molecule has 0 amide bonds. The Morgan fingerprint density at radius 3 is 2.32 bits per heavy atom. The van der Waals surface area contributed by atoms with E-state index in [0.717, 1.165) is 11.3 Å². The van der Waals surface area contributed by atoms with Crippen molar-refractivity contribution in [3.8, 4) is 5.75 Å². The molecule has 1 aromatic carbocycles. The van der Waals surface area contributed by atoms with E-state index >= 15 is 0 Å². The van der Waals surface area contributed by atoms with E-state index in [0.29, 0.717) is 19.0 Å². The molecule has 0 saturated carbocycles. The van der Waals surface area contributed by atoms with Gasteiger partial charge in [-0.1, -0.05) is 12.1 Å². The molecule has 0 heterocycles. The lowest BCUT2D eigenvalue weighted by molar-refractivity contribution is -0.132. The molecule has 0 aromatic heterocycles. The second-order valence-electron chi connectivity index (χ2n) is 5.76. The lowest BCUT2D eigenvalue weighted by Gasteiger charge is -2.24. The first-order valence-corrected chi connectivity index (χ1v) is 8.16. The molecular formula is C17H27F3N4O. The molecule has 142 valence electrons. The van der Waals surface area contributed by atoms with Crippen molar-refractivity contribution < 1.29 is 17.9 Å². The van der Waals surface area contributed by atoms with Crippen LogP contribution in [-0.2, 0) is 0 Å². The second-order valence-corrected chi connectivity index (χ2v) is 5.76. The zero-order valence-electron chi connectivity index (χ0n) is 15.2. The van der Waals surface area contributed by atoms with E-state index in [1.54, 1.807) is 7.11 Å². The highest BCUT2D eigenvalue weighted by Gasteiger charge is 2.26. The summed E-state index contributed by atoms with van der Waals surface area (Å²) in [5.74, 6) is 1.15. The van der Waals surface area contributed by atoms with Gasteiger partial charge in [0.1, 0.15) is 5.75 Å². The average Bonchev–Trinajstić information content (AvgIpc) is 2.54. The Morgan fingerprint density at radius 1 is 1.20 bits per heavy atom. The van der Waals surface area contributed by atoms with E-state index in [1.807, 2.05) is 50.2 Å². The highest BCUT2D eigenvalue weighted by molar-refractivity contribution is 5.79. The van der Waals surface area contributed by atoms with Crippen LogP contribution in [0.1, 0.15) is 24.9 Å². The van der Waals surface area contributed by atoms with E-state index in [2.05, 4.69) is 15.6 Å². The quantitative estimate of drug-likeness (QED) is 0.553. The van der Waals surface area contributed by atoms with Crippen molar-refractivity contribution in [2.75, 3.05) is 40.8 Å². The zero-order valence-corrected chi connectivity index (χ0v) is 15.2. The van der Waals surface area contributed by atoms with Gasteiger partial charge in [-0.25, -0.2) is 0 Å². The maximum absolute atomic E-state index is 12.3. The van der Waals surface area contributed by atoms with Crippen molar-refractivity contribution in [2.45, 2.75) is 25.6 Å². The van der Waals surface area contributed by atoms with Gasteiger partial charge in [-0.15, -0.1) is 0 Å². The first kappa shape index (κ1) is 21.1. The molecule has 0 aliphatic heterocycles. The van der Waals surface area contributed by atoms with Gasteiger partial charge in [0, 0.05) is 13.1 Å². The van der Waals surface area contributed by atoms with Crippen LogP contribution in [0.5, 0.6) is 5.75 Å². The van der Waals surface area contributed by atoms with Gasteiger partial charge in [0.2, 0.25) is 0 Å². The van der Waals surface area contributed by atoms with Crippen LogP contribution in [0.2, 0.25) is 0 Å². The summed E-state index contributed by atoms with van der Waals surface area (Å²) < 4.78 is 42.0. The van der Waals surface area contributed by atoms with Crippen LogP contribution in [0.3, 0.4) is 0 Å². The van der Waals surface area contributed by atoms with Gasteiger partial charge in [-0.3, -0.25) is 4.99 Å². The minimum Gasteiger partial charge on any atom is -0.497 e. The smallest absolute Gasteiger partial charge is 0.390 e. The SMILES string of the molecule is CCNC(=NCC(c1ccc(OC)cc1)N(C)C)NCCC(F)(F)F. The molecule has 2 N–H and O–H groups in total. The third-order valence-corrected chi connectivity index (χ3v) is 3.59. The first-order valence-electron chi connectivity index (χ1n) is 8.16. The summed E-state index contributed by atoms with van der Waals surface area (Å²) >= 11 is 0. The molecule has 1 atom stereocenters. The maximum atomic E-state index is 12.3. The molecule has 0 saturated heterocycles. The third kappa shape index (κ3) is 8.11. The van der Waals surface area contributed by atoms with Gasteiger partial charge in [0.15, 0.2) is 5.96 Å². The molecule has 0 bridgehead atoms. The molecule has 1 rings (SSSR count). The van der Waals surface area contributed by atoms with Crippen LogP contribution >= 0.6 is 0 Å². The van der Waals surface area contributed by atoms with Crippen LogP contribution < -0.4 is 15.4 Å². The molecule has 0 aliphatic rings. The van der Waals surface area contributed by atoms with Crippen molar-refractivity contribution in [3.63, 3.8) is 0 Å². The van der Waals surface area contributed by atoms with Crippen LogP contribution in [-0.4, -0.2) is 57.9 Å². The van der Waals surface area contributed by atoms with Gasteiger partial charge in [0.25, 0.3) is 0 Å². The van der Waals surface area contributed by atoms with E-state index in [9.17, 15) is 13.2 Å². The van der Waals surface area contributed by atoms with Crippen LogP contribution in [0.25, 0.3) is 0 Å². The van der Waals surface area contributed by atoms with Gasteiger partial charge >= 0.3 is 6.18 Å². The van der Waals surface area contributed by atoms with Crippen LogP contribution in [0.15, 0.2) is 29.3 Å². The number of hydrogen-bond acceptors (Lipinski definition) is 3. The summed E-state index contributed by atoms with van der Waals surface area (Å²) in [5, 5.41) is 5.69. The number of aliphatic imine (C=N–C) groups is 1. The number of likely N-dealkylation sites (N-methyl/N-ethyl adjacent to an activating group) is 1. The predicted molar refractivity (Wildman–Crippen MR) is 94.1 cm³/mol. The van der Waals surface area contributed by atoms with Gasteiger partial charge in [-0.2, -0.15) is 13.2 Å². The van der Waals surface area contributed by atoms with Gasteiger partial charge in [-0.05, 0) is 38.7 Å². The topological polar surface area (TPSA) is 48.9 Å². The highest BCUT2D eigenvalue weighted by atomic mass is 19.4. The van der Waals surface area contributed by atoms with Gasteiger partial charge < -0.3 is 20.3 Å². The predicted octanol–water partition coefficient (Wildman–Crippen LogP) is 2.81. The Balaban J connectivity index is 2.76. The second kappa shape index (κ2) is 10.1. The Kier molecular flexibility index (Phi) is 8.54. The van der Waals surface area contributed by atoms with Crippen LogP contribution in [0.4, 0.5) is 13.2 Å². The van der Waals surface area contributed by atoms with E-state index in [4.69, 9.17) is 4.74 Å². The minimum atomic E-state index is -4.18. The van der Waals surface area contributed by atoms with Crippen molar-refractivity contribution in [1.82, 2.24) is 15.5 Å². The number of ether oxygens (including phenoxy) is 1. The summed E-state index contributed by atoms with van der Waals surface area (Å²) in [4.78, 5) is 6.45. The average molecular weight is 360 g/mol. The Hall–Kier alpha value is -1.96. The number of nitrogens with zero attached hydrogens (tertiary/aromatic N) is 2. The Morgan fingerprint density at radius 2 is 1.84 bits per heavy atom.